The summed E-state index contributed by atoms with van der Waals surface area (Å²) in [5.74, 6) is -0.251. The van der Waals surface area contributed by atoms with Crippen LogP contribution in [0.15, 0.2) is 48.5 Å². The number of morpholine rings is 1. The van der Waals surface area contributed by atoms with Gasteiger partial charge in [0, 0.05) is 25.2 Å². The van der Waals surface area contributed by atoms with Crippen LogP contribution in [0.5, 0.6) is 0 Å². The predicted octanol–water partition coefficient (Wildman–Crippen LogP) is 2.09. The summed E-state index contributed by atoms with van der Waals surface area (Å²) in [6, 6.07) is 14.6. The van der Waals surface area contributed by atoms with Crippen LogP contribution in [0.4, 0.5) is 0 Å². The van der Waals surface area contributed by atoms with E-state index >= 15 is 0 Å². The van der Waals surface area contributed by atoms with Gasteiger partial charge in [-0.3, -0.25) is 4.79 Å². The molecule has 0 saturated carbocycles. The molecule has 0 spiro atoms. The number of benzene rings is 2. The Balaban J connectivity index is 1.59. The number of aryl methyl sites for hydroxylation is 1. The fourth-order valence-electron chi connectivity index (χ4n) is 2.97. The van der Waals surface area contributed by atoms with Gasteiger partial charge in [-0.2, -0.15) is 4.31 Å². The smallest absolute Gasteiger partial charge is 0.251 e. The van der Waals surface area contributed by atoms with Gasteiger partial charge in [0.15, 0.2) is 0 Å². The number of rotatable bonds is 6. The van der Waals surface area contributed by atoms with Gasteiger partial charge in [-0.15, -0.1) is 0 Å². The summed E-state index contributed by atoms with van der Waals surface area (Å²) in [5, 5.41) is 2.90. The van der Waals surface area contributed by atoms with Gasteiger partial charge in [-0.05, 0) is 35.7 Å². The number of hydrogen-bond donors (Lipinski definition) is 1. The van der Waals surface area contributed by atoms with Crippen molar-refractivity contribution in [1.29, 1.82) is 0 Å². The fraction of sp³-hybridized carbons (Fsp3) is 0.350. The van der Waals surface area contributed by atoms with E-state index in [9.17, 15) is 13.2 Å². The van der Waals surface area contributed by atoms with Crippen molar-refractivity contribution in [3.63, 3.8) is 0 Å². The third kappa shape index (κ3) is 5.15. The van der Waals surface area contributed by atoms with E-state index in [0.717, 1.165) is 11.1 Å². The van der Waals surface area contributed by atoms with Crippen LogP contribution in [-0.2, 0) is 27.1 Å². The van der Waals surface area contributed by atoms with Crippen LogP contribution in [0.2, 0.25) is 0 Å². The molecule has 1 heterocycles. The number of sulfonamides is 1. The van der Waals surface area contributed by atoms with Crippen molar-refractivity contribution in [3.8, 4) is 0 Å². The Morgan fingerprint density at radius 3 is 2.41 bits per heavy atom. The zero-order valence-corrected chi connectivity index (χ0v) is 16.2. The van der Waals surface area contributed by atoms with Gasteiger partial charge < -0.3 is 10.1 Å². The van der Waals surface area contributed by atoms with Gasteiger partial charge in [0.05, 0.1) is 19.0 Å². The molecule has 2 aromatic carbocycles. The third-order valence-electron chi connectivity index (χ3n) is 4.63. The molecule has 1 aliphatic rings. The molecular formula is C20H24N2O4S. The van der Waals surface area contributed by atoms with Gasteiger partial charge >= 0.3 is 0 Å². The van der Waals surface area contributed by atoms with E-state index < -0.39 is 10.0 Å². The molecule has 0 radical (unpaired) electrons. The van der Waals surface area contributed by atoms with E-state index in [-0.39, 0.29) is 11.7 Å². The van der Waals surface area contributed by atoms with Crippen LogP contribution in [-0.4, -0.2) is 44.9 Å². The molecule has 7 heteroatoms. The maximum atomic E-state index is 12.5. The molecular weight excluding hydrogens is 364 g/mol. The monoisotopic (exact) mass is 388 g/mol. The van der Waals surface area contributed by atoms with Crippen LogP contribution in [0.1, 0.15) is 27.0 Å². The number of ether oxygens (including phenoxy) is 1. The lowest BCUT2D eigenvalue weighted by Gasteiger charge is -2.26. The molecule has 2 aromatic rings. The molecule has 0 bridgehead atoms. The highest BCUT2D eigenvalue weighted by atomic mass is 32.2. The number of nitrogens with zero attached hydrogens (tertiary/aromatic N) is 1. The summed E-state index contributed by atoms with van der Waals surface area (Å²) in [4.78, 5) is 12.3. The van der Waals surface area contributed by atoms with Gasteiger partial charge in [-0.25, -0.2) is 8.42 Å². The first-order chi connectivity index (χ1) is 13.0. The second kappa shape index (κ2) is 8.65. The minimum atomic E-state index is -3.37. The van der Waals surface area contributed by atoms with Crippen molar-refractivity contribution in [1.82, 2.24) is 9.62 Å². The second-order valence-electron chi connectivity index (χ2n) is 6.57. The Bertz CT molecular complexity index is 888. The lowest BCUT2D eigenvalue weighted by Crippen LogP contribution is -2.41. The molecule has 1 amide bonds. The van der Waals surface area contributed by atoms with Crippen LogP contribution in [0.3, 0.4) is 0 Å². The Morgan fingerprint density at radius 1 is 1.07 bits per heavy atom. The summed E-state index contributed by atoms with van der Waals surface area (Å²) in [5.41, 5.74) is 3.37. The molecule has 1 saturated heterocycles. The molecule has 144 valence electrons. The van der Waals surface area contributed by atoms with Crippen molar-refractivity contribution in [2.24, 2.45) is 0 Å². The highest BCUT2D eigenvalue weighted by Gasteiger charge is 2.24. The van der Waals surface area contributed by atoms with Gasteiger partial charge in [-0.1, -0.05) is 36.4 Å². The number of carbonyl (C=O) groups is 1. The molecule has 1 N–H and O–H groups in total. The largest absolute Gasteiger partial charge is 0.379 e. The van der Waals surface area contributed by atoms with E-state index in [1.54, 1.807) is 24.3 Å². The zero-order valence-electron chi connectivity index (χ0n) is 15.3. The van der Waals surface area contributed by atoms with Crippen molar-refractivity contribution in [3.05, 3.63) is 70.8 Å². The molecule has 3 rings (SSSR count). The van der Waals surface area contributed by atoms with Gasteiger partial charge in [0.1, 0.15) is 0 Å². The topological polar surface area (TPSA) is 75.7 Å². The summed E-state index contributed by atoms with van der Waals surface area (Å²) >= 11 is 0. The van der Waals surface area contributed by atoms with Crippen LogP contribution in [0.25, 0.3) is 0 Å². The van der Waals surface area contributed by atoms with E-state index in [0.29, 0.717) is 44.0 Å². The Morgan fingerprint density at radius 2 is 1.74 bits per heavy atom. The third-order valence-corrected chi connectivity index (χ3v) is 6.48. The average molecular weight is 388 g/mol. The minimum Gasteiger partial charge on any atom is -0.379 e. The predicted molar refractivity (Wildman–Crippen MR) is 104 cm³/mol. The number of amides is 1. The van der Waals surface area contributed by atoms with Crippen molar-refractivity contribution < 1.29 is 17.9 Å². The standard InChI is InChI=1S/C20H24N2O4S/c1-16-4-2-3-5-19(16)14-21-20(23)18-8-6-17(7-9-18)15-27(24,25)22-10-12-26-13-11-22/h2-9H,10-15H2,1H3,(H,21,23). The quantitative estimate of drug-likeness (QED) is 0.822. The summed E-state index contributed by atoms with van der Waals surface area (Å²) < 4.78 is 31.6. The highest BCUT2D eigenvalue weighted by molar-refractivity contribution is 7.88. The summed E-state index contributed by atoms with van der Waals surface area (Å²) in [6.07, 6.45) is 0. The Labute approximate surface area is 160 Å². The lowest BCUT2D eigenvalue weighted by molar-refractivity contribution is 0.0729. The number of hydrogen-bond acceptors (Lipinski definition) is 4. The first-order valence-electron chi connectivity index (χ1n) is 8.93. The highest BCUT2D eigenvalue weighted by Crippen LogP contribution is 2.14. The molecule has 1 aliphatic heterocycles. The van der Waals surface area contributed by atoms with Crippen molar-refractivity contribution in [2.75, 3.05) is 26.3 Å². The Hall–Kier alpha value is -2.22. The fourth-order valence-corrected chi connectivity index (χ4v) is 4.47. The van der Waals surface area contributed by atoms with E-state index in [2.05, 4.69) is 5.32 Å². The number of nitrogens with one attached hydrogen (secondary N) is 1. The van der Waals surface area contributed by atoms with Crippen LogP contribution < -0.4 is 5.32 Å². The van der Waals surface area contributed by atoms with Gasteiger partial charge in [0.25, 0.3) is 5.91 Å². The van der Waals surface area contributed by atoms with E-state index in [1.165, 1.54) is 4.31 Å². The Kier molecular flexibility index (Phi) is 6.26. The first-order valence-corrected chi connectivity index (χ1v) is 10.5. The maximum absolute atomic E-state index is 12.5. The molecule has 6 nitrogen and oxygen atoms in total. The first kappa shape index (κ1) is 19.5. The molecule has 27 heavy (non-hydrogen) atoms. The molecule has 0 unspecified atom stereocenters. The summed E-state index contributed by atoms with van der Waals surface area (Å²) in [6.45, 7) is 4.10. The molecule has 0 aromatic heterocycles. The molecule has 0 aliphatic carbocycles. The number of carbonyl (C=O) groups excluding carboxylic acids is 1. The molecule has 1 fully saturated rings. The van der Waals surface area contributed by atoms with E-state index in [4.69, 9.17) is 4.74 Å². The molecule has 0 atom stereocenters. The SMILES string of the molecule is Cc1ccccc1CNC(=O)c1ccc(CS(=O)(=O)N2CCOCC2)cc1. The van der Waals surface area contributed by atoms with Crippen LogP contribution in [0, 0.1) is 6.92 Å². The second-order valence-corrected chi connectivity index (χ2v) is 8.54. The maximum Gasteiger partial charge on any atom is 0.251 e. The zero-order chi connectivity index (χ0) is 19.3. The average Bonchev–Trinajstić information content (AvgIpc) is 2.68. The minimum absolute atomic E-state index is 0.0713. The van der Waals surface area contributed by atoms with Crippen molar-refractivity contribution >= 4 is 15.9 Å². The normalized spacial score (nSPS) is 15.4. The van der Waals surface area contributed by atoms with Crippen LogP contribution >= 0.6 is 0 Å². The lowest BCUT2D eigenvalue weighted by atomic mass is 10.1. The van der Waals surface area contributed by atoms with Crippen molar-refractivity contribution in [2.45, 2.75) is 19.2 Å². The van der Waals surface area contributed by atoms with E-state index in [1.807, 2.05) is 31.2 Å². The van der Waals surface area contributed by atoms with Gasteiger partial charge in [0.2, 0.25) is 10.0 Å². The summed E-state index contributed by atoms with van der Waals surface area (Å²) in [7, 11) is -3.37.